The molecule has 3 aromatic carbocycles. The van der Waals surface area contributed by atoms with Crippen molar-refractivity contribution < 1.29 is 33.4 Å². The van der Waals surface area contributed by atoms with Gasteiger partial charge in [-0.25, -0.2) is 9.18 Å². The molecule has 4 rings (SSSR count). The summed E-state index contributed by atoms with van der Waals surface area (Å²) in [6.07, 6.45) is 0.250. The molecular weight excluding hydrogens is 531 g/mol. The first-order valence-corrected chi connectivity index (χ1v) is 11.0. The van der Waals surface area contributed by atoms with Crippen LogP contribution in [-0.4, -0.2) is 24.3 Å². The first-order valence-electron chi connectivity index (χ1n) is 9.35. The molecule has 0 spiro atoms. The van der Waals surface area contributed by atoms with Crippen molar-refractivity contribution >= 4 is 45.7 Å². The van der Waals surface area contributed by atoms with Gasteiger partial charge in [0.15, 0.2) is 11.6 Å². The van der Waals surface area contributed by atoms with E-state index in [0.29, 0.717) is 37.3 Å². The summed E-state index contributed by atoms with van der Waals surface area (Å²) >= 11 is 4.22. The molecule has 3 aromatic rings. The van der Waals surface area contributed by atoms with Gasteiger partial charge in [-0.1, -0.05) is 6.07 Å². The van der Waals surface area contributed by atoms with Gasteiger partial charge in [-0.05, 0) is 81.0 Å². The summed E-state index contributed by atoms with van der Waals surface area (Å²) in [6.45, 7) is -0.0861. The van der Waals surface area contributed by atoms with E-state index >= 15 is 0 Å². The molecule has 34 heavy (non-hydrogen) atoms. The zero-order chi connectivity index (χ0) is 24.8. The topological polar surface area (TPSA) is 126 Å². The maximum atomic E-state index is 14.9. The minimum Gasteiger partial charge on any atom is -0.506 e. The Morgan fingerprint density at radius 2 is 1.94 bits per heavy atom. The zero-order valence-electron chi connectivity index (χ0n) is 17.3. The third kappa shape index (κ3) is 5.21. The maximum absolute atomic E-state index is 14.9. The van der Waals surface area contributed by atoms with Crippen molar-refractivity contribution in [2.75, 3.05) is 11.8 Å². The Bertz CT molecular complexity index is 1350. The van der Waals surface area contributed by atoms with Gasteiger partial charge in [-0.2, -0.15) is 14.9 Å². The summed E-state index contributed by atoms with van der Waals surface area (Å²) in [7, 11) is 1.35. The van der Waals surface area contributed by atoms with E-state index in [4.69, 9.17) is 19.1 Å². The number of anilines is 1. The van der Waals surface area contributed by atoms with Gasteiger partial charge >= 0.3 is 12.1 Å². The monoisotopic (exact) mass is 544 g/mol. The Balaban J connectivity index is 0.00000103. The third-order valence-electron chi connectivity index (χ3n) is 4.69. The van der Waals surface area contributed by atoms with Gasteiger partial charge < -0.3 is 19.3 Å². The van der Waals surface area contributed by atoms with Crippen LogP contribution in [0.5, 0.6) is 11.5 Å². The molecule has 1 aliphatic rings. The molecule has 0 unspecified atom stereocenters. The van der Waals surface area contributed by atoms with Crippen LogP contribution in [0.25, 0.3) is 11.1 Å². The van der Waals surface area contributed by atoms with Crippen molar-refractivity contribution in [3.8, 4) is 28.7 Å². The van der Waals surface area contributed by atoms with E-state index in [0.717, 1.165) is 11.9 Å². The van der Waals surface area contributed by atoms with Gasteiger partial charge in [0.1, 0.15) is 12.4 Å². The first-order chi connectivity index (χ1) is 16.3. The number of halogens is 2. The predicted octanol–water partition coefficient (Wildman–Crippen LogP) is 5.05. The van der Waals surface area contributed by atoms with E-state index in [1.165, 1.54) is 25.3 Å². The number of rotatable bonds is 1. The number of ether oxygens (including phenoxy) is 2. The second kappa shape index (κ2) is 10.9. The van der Waals surface area contributed by atoms with Crippen LogP contribution in [0.3, 0.4) is 0 Å². The Morgan fingerprint density at radius 1 is 1.21 bits per heavy atom. The average molecular weight is 545 g/mol. The van der Waals surface area contributed by atoms with E-state index in [2.05, 4.69) is 26.7 Å². The molecular formula is C23H14BrFN2O6S. The zero-order valence-corrected chi connectivity index (χ0v) is 19.8. The lowest BCUT2D eigenvalue weighted by atomic mass is 9.97. The van der Waals surface area contributed by atoms with Crippen LogP contribution in [-0.2, 0) is 20.9 Å². The van der Waals surface area contributed by atoms with Crippen molar-refractivity contribution in [3.63, 3.8) is 0 Å². The molecule has 4 bridgehead atoms. The number of phenolic OH excluding ortho intramolecular Hbond substituents is 1. The van der Waals surface area contributed by atoms with E-state index in [9.17, 15) is 19.6 Å². The lowest BCUT2D eigenvalue weighted by Crippen LogP contribution is -2.06. The van der Waals surface area contributed by atoms with Gasteiger partial charge in [-0.3, -0.25) is 0 Å². The van der Waals surface area contributed by atoms with Crippen LogP contribution in [0.15, 0.2) is 51.8 Å². The molecule has 0 radical (unpaired) electrons. The number of benzene rings is 3. The molecule has 0 fully saturated rings. The summed E-state index contributed by atoms with van der Waals surface area (Å²) in [5, 5.41) is 19.7. The quantitative estimate of drug-likeness (QED) is 0.319. The number of hydrogen-bond acceptors (Lipinski definition) is 9. The molecule has 0 saturated carbocycles. The number of phenols is 1. The Hall–Kier alpha value is -3.84. The van der Waals surface area contributed by atoms with Gasteiger partial charge in [0.25, 0.3) is 0 Å². The third-order valence-corrected chi connectivity index (χ3v) is 6.15. The second-order valence-electron chi connectivity index (χ2n) is 6.69. The van der Waals surface area contributed by atoms with Crippen LogP contribution in [0.4, 0.5) is 10.1 Å². The van der Waals surface area contributed by atoms with Gasteiger partial charge in [0, 0.05) is 0 Å². The number of nitriles is 1. The number of cyclic esters (lactones) is 1. The number of nitrogens with one attached hydrogen (secondary N) is 1. The molecule has 1 aliphatic heterocycles. The van der Waals surface area contributed by atoms with Crippen molar-refractivity contribution in [3.05, 3.63) is 69.4 Å². The molecule has 172 valence electrons. The van der Waals surface area contributed by atoms with Crippen molar-refractivity contribution in [2.45, 2.75) is 11.5 Å². The molecule has 0 saturated heterocycles. The van der Waals surface area contributed by atoms with Crippen LogP contribution in [0.2, 0.25) is 0 Å². The number of nitrogens with zero attached hydrogens (tertiary/aromatic N) is 1. The van der Waals surface area contributed by atoms with E-state index in [-0.39, 0.29) is 29.8 Å². The van der Waals surface area contributed by atoms with E-state index in [1.54, 1.807) is 24.3 Å². The lowest BCUT2D eigenvalue weighted by molar-refractivity contribution is -0.191. The molecule has 0 aliphatic carbocycles. The fraction of sp³-hybridized carbons (Fsp3) is 0.0870. The van der Waals surface area contributed by atoms with Crippen LogP contribution >= 0.6 is 27.9 Å². The summed E-state index contributed by atoms with van der Waals surface area (Å²) in [5.41, 5.74) is 2.57. The highest BCUT2D eigenvalue weighted by atomic mass is 79.9. The normalized spacial score (nSPS) is 11.9. The van der Waals surface area contributed by atoms with Crippen molar-refractivity contribution in [1.29, 1.82) is 5.26 Å². The van der Waals surface area contributed by atoms with Gasteiger partial charge in [0.05, 0.1) is 39.4 Å². The number of hydrogen-bond donors (Lipinski definition) is 2. The molecule has 0 amide bonds. The van der Waals surface area contributed by atoms with Crippen molar-refractivity contribution in [1.82, 2.24) is 0 Å². The highest BCUT2D eigenvalue weighted by Crippen LogP contribution is 2.41. The number of carbonyl (C=O) groups is 1. The van der Waals surface area contributed by atoms with Crippen LogP contribution < -0.4 is 9.46 Å². The second-order valence-corrected chi connectivity index (χ2v) is 8.39. The van der Waals surface area contributed by atoms with Gasteiger partial charge in [0.2, 0.25) is 0 Å². The minimum absolute atomic E-state index is 0.00820. The number of carbonyl (C=O) groups excluding carboxylic acids is 3. The molecule has 8 nitrogen and oxygen atoms in total. The van der Waals surface area contributed by atoms with Crippen LogP contribution in [0.1, 0.15) is 21.5 Å². The number of fused-ring (bicyclic) bond motifs is 6. The summed E-state index contributed by atoms with van der Waals surface area (Å²) in [6, 6.07) is 12.9. The van der Waals surface area contributed by atoms with E-state index in [1.807, 2.05) is 0 Å². The first kappa shape index (κ1) is 24.8. The highest BCUT2D eigenvalue weighted by molar-refractivity contribution is 9.10. The molecule has 11 heteroatoms. The Morgan fingerprint density at radius 3 is 2.62 bits per heavy atom. The minimum atomic E-state index is -0.609. The number of esters is 1. The standard InChI is InChI=1S/C22H14BrFN2O4S.CO2/c1-29-21-17(24)6-13-7-18(21)26-31-19-8-14(5-16(23)20(19)27)22(28)30-10-12-3-2-11(9-25)4-15(12)13;2-1-3/h2-8,26-27H,10H2,1H3;. The predicted molar refractivity (Wildman–Crippen MR) is 123 cm³/mol. The highest BCUT2D eigenvalue weighted by Gasteiger charge is 2.20. The Kier molecular flexibility index (Phi) is 7.91. The fourth-order valence-electron chi connectivity index (χ4n) is 3.18. The van der Waals surface area contributed by atoms with Crippen molar-refractivity contribution in [2.24, 2.45) is 0 Å². The Labute approximate surface area is 205 Å². The molecule has 0 atom stereocenters. The summed E-state index contributed by atoms with van der Waals surface area (Å²) in [5.74, 6) is -1.29. The molecule has 0 aromatic heterocycles. The largest absolute Gasteiger partial charge is 0.506 e. The number of methoxy groups -OCH3 is 1. The van der Waals surface area contributed by atoms with E-state index < -0.39 is 11.8 Å². The number of aromatic hydroxyl groups is 1. The SMILES string of the molecule is COc1c(F)cc2cc1NSc1cc(cc(Br)c1O)C(=O)OCc1ccc(C#N)cc1-2.O=C=O. The average Bonchev–Trinajstić information content (AvgIpc) is 2.83. The molecule has 1 heterocycles. The lowest BCUT2D eigenvalue weighted by Gasteiger charge is -2.15. The summed E-state index contributed by atoms with van der Waals surface area (Å²) < 4.78 is 28.8. The van der Waals surface area contributed by atoms with Gasteiger partial charge in [-0.15, -0.1) is 0 Å². The molecule has 2 N–H and O–H groups in total. The van der Waals surface area contributed by atoms with Crippen LogP contribution in [0, 0.1) is 17.1 Å². The maximum Gasteiger partial charge on any atom is 0.373 e. The summed E-state index contributed by atoms with van der Waals surface area (Å²) in [4.78, 5) is 29.2. The smallest absolute Gasteiger partial charge is 0.373 e. The fourth-order valence-corrected chi connectivity index (χ4v) is 4.53.